The topological polar surface area (TPSA) is 69.3 Å². The Balaban J connectivity index is 1.44. The highest BCUT2D eigenvalue weighted by Crippen LogP contribution is 2.15. The van der Waals surface area contributed by atoms with Crippen LogP contribution in [0, 0.1) is 5.92 Å². The average Bonchev–Trinajstić information content (AvgIpc) is 2.58. The fourth-order valence-electron chi connectivity index (χ4n) is 2.69. The van der Waals surface area contributed by atoms with Crippen molar-refractivity contribution in [1.82, 2.24) is 20.5 Å². The van der Waals surface area contributed by atoms with Crippen molar-refractivity contribution in [3.8, 4) is 0 Å². The molecule has 0 spiro atoms. The van der Waals surface area contributed by atoms with Crippen molar-refractivity contribution in [2.45, 2.75) is 26.2 Å². The molecule has 0 unspecified atom stereocenters. The number of piperidine rings is 1. The lowest BCUT2D eigenvalue weighted by molar-refractivity contribution is 0.190. The van der Waals surface area contributed by atoms with Crippen molar-refractivity contribution in [2.75, 3.05) is 44.6 Å². The monoisotopic (exact) mass is 319 g/mol. The maximum absolute atomic E-state index is 11.7. The zero-order valence-electron chi connectivity index (χ0n) is 14.1. The van der Waals surface area contributed by atoms with Gasteiger partial charge in [-0.05, 0) is 56.9 Å². The van der Waals surface area contributed by atoms with Gasteiger partial charge in [0, 0.05) is 25.8 Å². The summed E-state index contributed by atoms with van der Waals surface area (Å²) in [5.74, 6) is 1.69. The minimum absolute atomic E-state index is 0.0971. The molecule has 2 heterocycles. The standard InChI is InChI=1S/C17H29N5O/c1-15-6-13-22(14-7-15)12-4-9-20-17(23)21-11-10-19-16-5-2-3-8-18-16/h2-3,5,8,15H,4,6-7,9-14H2,1H3,(H,18,19)(H2,20,21,23). The number of hydrogen-bond acceptors (Lipinski definition) is 4. The Bertz CT molecular complexity index is 446. The Kier molecular flexibility index (Phi) is 7.66. The van der Waals surface area contributed by atoms with Crippen LogP contribution in [0.3, 0.4) is 0 Å². The summed E-state index contributed by atoms with van der Waals surface area (Å²) < 4.78 is 0. The number of amides is 2. The van der Waals surface area contributed by atoms with E-state index >= 15 is 0 Å². The molecule has 1 aromatic rings. The van der Waals surface area contributed by atoms with E-state index < -0.39 is 0 Å². The number of hydrogen-bond donors (Lipinski definition) is 3. The predicted molar refractivity (Wildman–Crippen MR) is 93.6 cm³/mol. The molecule has 2 rings (SSSR count). The van der Waals surface area contributed by atoms with E-state index in [0.717, 1.165) is 31.2 Å². The van der Waals surface area contributed by atoms with Gasteiger partial charge in [0.1, 0.15) is 5.82 Å². The van der Waals surface area contributed by atoms with Crippen molar-refractivity contribution in [2.24, 2.45) is 5.92 Å². The van der Waals surface area contributed by atoms with Crippen LogP contribution in [0.5, 0.6) is 0 Å². The number of pyridine rings is 1. The lowest BCUT2D eigenvalue weighted by atomic mass is 9.99. The predicted octanol–water partition coefficient (Wildman–Crippen LogP) is 1.91. The molecule has 1 aliphatic heterocycles. The Morgan fingerprint density at radius 2 is 2.00 bits per heavy atom. The third kappa shape index (κ3) is 7.32. The number of anilines is 1. The molecule has 0 atom stereocenters. The second-order valence-electron chi connectivity index (χ2n) is 6.20. The van der Waals surface area contributed by atoms with Crippen LogP contribution in [0.2, 0.25) is 0 Å². The van der Waals surface area contributed by atoms with E-state index in [1.54, 1.807) is 6.20 Å². The van der Waals surface area contributed by atoms with E-state index in [2.05, 4.69) is 32.8 Å². The zero-order chi connectivity index (χ0) is 16.3. The third-order valence-electron chi connectivity index (χ3n) is 4.19. The molecule has 1 saturated heterocycles. The van der Waals surface area contributed by atoms with Crippen molar-refractivity contribution >= 4 is 11.8 Å². The quantitative estimate of drug-likeness (QED) is 0.640. The third-order valence-corrected chi connectivity index (χ3v) is 4.19. The summed E-state index contributed by atoms with van der Waals surface area (Å²) in [6.45, 7) is 7.77. The van der Waals surface area contributed by atoms with E-state index in [0.29, 0.717) is 13.1 Å². The van der Waals surface area contributed by atoms with Crippen LogP contribution in [-0.2, 0) is 0 Å². The van der Waals surface area contributed by atoms with Gasteiger partial charge < -0.3 is 20.9 Å². The smallest absolute Gasteiger partial charge is 0.314 e. The lowest BCUT2D eigenvalue weighted by Gasteiger charge is -2.30. The summed E-state index contributed by atoms with van der Waals surface area (Å²) in [4.78, 5) is 18.3. The van der Waals surface area contributed by atoms with E-state index in [9.17, 15) is 4.79 Å². The second kappa shape index (κ2) is 10.0. The van der Waals surface area contributed by atoms with Gasteiger partial charge in [-0.25, -0.2) is 9.78 Å². The first-order valence-electron chi connectivity index (χ1n) is 8.63. The summed E-state index contributed by atoms with van der Waals surface area (Å²) >= 11 is 0. The molecule has 0 saturated carbocycles. The van der Waals surface area contributed by atoms with Crippen LogP contribution in [0.1, 0.15) is 26.2 Å². The summed E-state index contributed by atoms with van der Waals surface area (Å²) in [5.41, 5.74) is 0. The van der Waals surface area contributed by atoms with Crippen molar-refractivity contribution in [3.05, 3.63) is 24.4 Å². The van der Waals surface area contributed by atoms with Gasteiger partial charge in [0.05, 0.1) is 0 Å². The number of nitrogens with zero attached hydrogens (tertiary/aromatic N) is 2. The average molecular weight is 319 g/mol. The van der Waals surface area contributed by atoms with Crippen molar-refractivity contribution in [3.63, 3.8) is 0 Å². The number of rotatable bonds is 8. The molecular formula is C17H29N5O. The SMILES string of the molecule is CC1CCN(CCCNC(=O)NCCNc2ccccn2)CC1. The van der Waals surface area contributed by atoms with Crippen molar-refractivity contribution < 1.29 is 4.79 Å². The Morgan fingerprint density at radius 1 is 1.22 bits per heavy atom. The number of nitrogens with one attached hydrogen (secondary N) is 3. The van der Waals surface area contributed by atoms with Gasteiger partial charge in [0.2, 0.25) is 0 Å². The largest absolute Gasteiger partial charge is 0.368 e. The molecule has 23 heavy (non-hydrogen) atoms. The van der Waals surface area contributed by atoms with Crippen molar-refractivity contribution in [1.29, 1.82) is 0 Å². The molecule has 6 heteroatoms. The molecule has 0 aliphatic carbocycles. The van der Waals surface area contributed by atoms with E-state index in [-0.39, 0.29) is 6.03 Å². The van der Waals surface area contributed by atoms with Gasteiger partial charge in [0.25, 0.3) is 0 Å². The summed E-state index contributed by atoms with van der Waals surface area (Å²) in [5, 5.41) is 8.91. The van der Waals surface area contributed by atoms with Crippen LogP contribution in [0.4, 0.5) is 10.6 Å². The van der Waals surface area contributed by atoms with Crippen LogP contribution >= 0.6 is 0 Å². The van der Waals surface area contributed by atoms with Gasteiger partial charge in [0.15, 0.2) is 0 Å². The number of carbonyl (C=O) groups is 1. The van der Waals surface area contributed by atoms with Gasteiger partial charge in [-0.2, -0.15) is 0 Å². The van der Waals surface area contributed by atoms with Crippen LogP contribution in [-0.4, -0.2) is 55.2 Å². The van der Waals surface area contributed by atoms with Gasteiger partial charge in [-0.3, -0.25) is 0 Å². The molecule has 1 aromatic heterocycles. The highest BCUT2D eigenvalue weighted by atomic mass is 16.2. The summed E-state index contributed by atoms with van der Waals surface area (Å²) in [6, 6.07) is 5.61. The van der Waals surface area contributed by atoms with Gasteiger partial charge >= 0.3 is 6.03 Å². The highest BCUT2D eigenvalue weighted by molar-refractivity contribution is 5.73. The molecule has 3 N–H and O–H groups in total. The number of aromatic nitrogens is 1. The number of likely N-dealkylation sites (tertiary alicyclic amines) is 1. The van der Waals surface area contributed by atoms with E-state index in [4.69, 9.17) is 0 Å². The molecule has 6 nitrogen and oxygen atoms in total. The first-order chi connectivity index (χ1) is 11.2. The molecule has 128 valence electrons. The van der Waals surface area contributed by atoms with Crippen LogP contribution in [0.15, 0.2) is 24.4 Å². The van der Waals surface area contributed by atoms with Crippen LogP contribution < -0.4 is 16.0 Å². The zero-order valence-corrected chi connectivity index (χ0v) is 14.1. The fraction of sp³-hybridized carbons (Fsp3) is 0.647. The highest BCUT2D eigenvalue weighted by Gasteiger charge is 2.14. The first kappa shape index (κ1) is 17.5. The van der Waals surface area contributed by atoms with Gasteiger partial charge in [-0.15, -0.1) is 0 Å². The Labute approximate surface area is 139 Å². The molecule has 0 bridgehead atoms. The summed E-state index contributed by atoms with van der Waals surface area (Å²) in [6.07, 6.45) is 5.35. The lowest BCUT2D eigenvalue weighted by Crippen LogP contribution is -2.40. The number of carbonyl (C=O) groups excluding carboxylic acids is 1. The second-order valence-corrected chi connectivity index (χ2v) is 6.20. The Morgan fingerprint density at radius 3 is 2.74 bits per heavy atom. The molecule has 0 radical (unpaired) electrons. The molecule has 0 aromatic carbocycles. The van der Waals surface area contributed by atoms with Gasteiger partial charge in [-0.1, -0.05) is 13.0 Å². The Hall–Kier alpha value is -1.82. The minimum Gasteiger partial charge on any atom is -0.368 e. The molecular weight excluding hydrogens is 290 g/mol. The fourth-order valence-corrected chi connectivity index (χ4v) is 2.69. The number of urea groups is 1. The van der Waals surface area contributed by atoms with Crippen LogP contribution in [0.25, 0.3) is 0 Å². The first-order valence-corrected chi connectivity index (χ1v) is 8.63. The molecule has 1 aliphatic rings. The molecule has 1 fully saturated rings. The maximum atomic E-state index is 11.7. The minimum atomic E-state index is -0.0971. The maximum Gasteiger partial charge on any atom is 0.314 e. The van der Waals surface area contributed by atoms with E-state index in [1.807, 2.05) is 18.2 Å². The normalized spacial score (nSPS) is 16.0. The molecule has 2 amide bonds. The van der Waals surface area contributed by atoms with E-state index in [1.165, 1.54) is 25.9 Å². The summed E-state index contributed by atoms with van der Waals surface area (Å²) in [7, 11) is 0.